The maximum Gasteiger partial charge on any atom is 0.331 e. The molecule has 1 atom stereocenters. The van der Waals surface area contributed by atoms with E-state index in [2.05, 4.69) is 15.5 Å². The molecule has 2 aromatic heterocycles. The number of anilines is 1. The summed E-state index contributed by atoms with van der Waals surface area (Å²) in [4.78, 5) is 23.8. The molecule has 0 aliphatic carbocycles. The van der Waals surface area contributed by atoms with Gasteiger partial charge in [-0.3, -0.25) is 14.2 Å². The van der Waals surface area contributed by atoms with E-state index in [4.69, 9.17) is 0 Å². The van der Waals surface area contributed by atoms with Gasteiger partial charge >= 0.3 is 5.97 Å². The summed E-state index contributed by atoms with van der Waals surface area (Å²) in [5.41, 5.74) is 1.93. The Balaban J connectivity index is 2.18. The van der Waals surface area contributed by atoms with Crippen LogP contribution in [0.2, 0.25) is 0 Å². The summed E-state index contributed by atoms with van der Waals surface area (Å²) < 4.78 is 3.07. The highest BCUT2D eigenvalue weighted by Gasteiger charge is 2.30. The largest absolute Gasteiger partial charge is 0.479 e. The van der Waals surface area contributed by atoms with Crippen LogP contribution in [0.25, 0.3) is 0 Å². The molecular formula is C16H23N5O3. The first-order valence-electron chi connectivity index (χ1n) is 7.65. The molecule has 8 nitrogen and oxygen atoms in total. The van der Waals surface area contributed by atoms with Crippen molar-refractivity contribution in [2.45, 2.75) is 46.1 Å². The number of aliphatic carboxylic acids is 1. The van der Waals surface area contributed by atoms with Gasteiger partial charge in [-0.2, -0.15) is 10.2 Å². The van der Waals surface area contributed by atoms with Gasteiger partial charge in [0.2, 0.25) is 5.91 Å². The molecule has 2 rings (SSSR count). The topological polar surface area (TPSA) is 102 Å². The zero-order valence-corrected chi connectivity index (χ0v) is 14.8. The van der Waals surface area contributed by atoms with Crippen molar-refractivity contribution in [2.24, 2.45) is 7.05 Å². The third-order valence-electron chi connectivity index (χ3n) is 4.34. The van der Waals surface area contributed by atoms with Crippen molar-refractivity contribution in [1.82, 2.24) is 19.6 Å². The Bertz CT molecular complexity index is 788. The van der Waals surface area contributed by atoms with Crippen LogP contribution in [0.4, 0.5) is 5.69 Å². The fourth-order valence-electron chi connectivity index (χ4n) is 2.59. The Morgan fingerprint density at radius 1 is 1.33 bits per heavy atom. The number of carbonyl (C=O) groups excluding carboxylic acids is 1. The van der Waals surface area contributed by atoms with E-state index >= 15 is 0 Å². The Hall–Kier alpha value is -2.64. The van der Waals surface area contributed by atoms with Crippen LogP contribution in [0.1, 0.15) is 43.6 Å². The highest BCUT2D eigenvalue weighted by Crippen LogP contribution is 2.25. The van der Waals surface area contributed by atoms with Gasteiger partial charge in [-0.25, -0.2) is 4.79 Å². The molecule has 0 aromatic carbocycles. The lowest BCUT2D eigenvalue weighted by molar-refractivity contribution is -0.146. The van der Waals surface area contributed by atoms with Crippen LogP contribution in [0.15, 0.2) is 12.4 Å². The molecule has 1 unspecified atom stereocenters. The minimum atomic E-state index is -1.19. The van der Waals surface area contributed by atoms with Gasteiger partial charge in [0.05, 0.1) is 23.5 Å². The minimum Gasteiger partial charge on any atom is -0.479 e. The Kier molecular flexibility index (Phi) is 4.50. The van der Waals surface area contributed by atoms with Crippen LogP contribution in [-0.2, 0) is 22.2 Å². The van der Waals surface area contributed by atoms with Crippen molar-refractivity contribution in [3.05, 3.63) is 29.3 Å². The monoisotopic (exact) mass is 333 g/mol. The molecule has 8 heteroatoms. The summed E-state index contributed by atoms with van der Waals surface area (Å²) >= 11 is 0. The number of hydrogen-bond acceptors (Lipinski definition) is 4. The lowest BCUT2D eigenvalue weighted by Crippen LogP contribution is -2.35. The van der Waals surface area contributed by atoms with Gasteiger partial charge in [-0.1, -0.05) is 0 Å². The van der Waals surface area contributed by atoms with Gasteiger partial charge in [-0.15, -0.1) is 0 Å². The van der Waals surface area contributed by atoms with E-state index in [0.717, 1.165) is 17.0 Å². The van der Waals surface area contributed by atoms with Gasteiger partial charge in [0.15, 0.2) is 5.54 Å². The molecule has 2 N–H and O–H groups in total. The van der Waals surface area contributed by atoms with Crippen LogP contribution in [0, 0.1) is 13.8 Å². The molecule has 0 saturated heterocycles. The van der Waals surface area contributed by atoms with E-state index in [0.29, 0.717) is 5.69 Å². The minimum absolute atomic E-state index is 0.193. The van der Waals surface area contributed by atoms with Crippen LogP contribution in [0.5, 0.6) is 0 Å². The van der Waals surface area contributed by atoms with Crippen LogP contribution in [0.3, 0.4) is 0 Å². The van der Waals surface area contributed by atoms with Crippen LogP contribution >= 0.6 is 0 Å². The fourth-order valence-corrected chi connectivity index (χ4v) is 2.59. The number of carboxylic acids is 1. The van der Waals surface area contributed by atoms with Gasteiger partial charge in [-0.05, 0) is 34.6 Å². The lowest BCUT2D eigenvalue weighted by Gasteiger charge is -2.19. The van der Waals surface area contributed by atoms with Crippen molar-refractivity contribution >= 4 is 17.6 Å². The second-order valence-corrected chi connectivity index (χ2v) is 6.46. The van der Waals surface area contributed by atoms with E-state index in [-0.39, 0.29) is 11.8 Å². The third kappa shape index (κ3) is 3.04. The number of nitrogens with zero attached hydrogens (tertiary/aromatic N) is 4. The summed E-state index contributed by atoms with van der Waals surface area (Å²) in [5.74, 6) is -1.57. The summed E-state index contributed by atoms with van der Waals surface area (Å²) in [6.07, 6.45) is 2.96. The first kappa shape index (κ1) is 17.7. The molecule has 0 spiro atoms. The van der Waals surface area contributed by atoms with Crippen molar-refractivity contribution < 1.29 is 14.7 Å². The standard InChI is InChI=1S/C16H23N5O3/c1-9(13-10(2)19-20(6)11(13)3)14(22)18-12-7-17-21(8-12)16(4,5)15(23)24/h7-9H,1-6H3,(H,18,22)(H,23,24). The van der Waals surface area contributed by atoms with Crippen LogP contribution in [-0.4, -0.2) is 36.5 Å². The van der Waals surface area contributed by atoms with E-state index in [9.17, 15) is 14.7 Å². The van der Waals surface area contributed by atoms with Gasteiger partial charge < -0.3 is 10.4 Å². The van der Waals surface area contributed by atoms with E-state index in [1.807, 2.05) is 27.8 Å². The second-order valence-electron chi connectivity index (χ2n) is 6.46. The van der Waals surface area contributed by atoms with Gasteiger partial charge in [0, 0.05) is 24.5 Å². The maximum atomic E-state index is 12.5. The molecule has 2 heterocycles. The number of aromatic nitrogens is 4. The number of rotatable bonds is 5. The zero-order chi connectivity index (χ0) is 18.2. The quantitative estimate of drug-likeness (QED) is 0.868. The number of carboxylic acid groups (broad SMARTS) is 1. The Labute approximate surface area is 140 Å². The Morgan fingerprint density at radius 2 is 1.96 bits per heavy atom. The van der Waals surface area contributed by atoms with Gasteiger partial charge in [0.25, 0.3) is 0 Å². The predicted octanol–water partition coefficient (Wildman–Crippen LogP) is 1.80. The second kappa shape index (κ2) is 6.10. The molecule has 0 radical (unpaired) electrons. The average molecular weight is 333 g/mol. The molecule has 0 bridgehead atoms. The molecule has 130 valence electrons. The number of carbonyl (C=O) groups is 2. The fraction of sp³-hybridized carbons (Fsp3) is 0.500. The van der Waals surface area contributed by atoms with Crippen molar-refractivity contribution in [2.75, 3.05) is 5.32 Å². The Morgan fingerprint density at radius 3 is 2.46 bits per heavy atom. The lowest BCUT2D eigenvalue weighted by atomic mass is 9.98. The number of aryl methyl sites for hydroxylation is 2. The van der Waals surface area contributed by atoms with E-state index in [1.54, 1.807) is 18.5 Å². The molecule has 0 fully saturated rings. The zero-order valence-electron chi connectivity index (χ0n) is 14.8. The highest BCUT2D eigenvalue weighted by molar-refractivity contribution is 5.95. The average Bonchev–Trinajstić information content (AvgIpc) is 3.04. The first-order valence-corrected chi connectivity index (χ1v) is 7.65. The number of nitrogens with one attached hydrogen (secondary N) is 1. The summed E-state index contributed by atoms with van der Waals surface area (Å²) in [6, 6.07) is 0. The number of amides is 1. The molecular weight excluding hydrogens is 310 g/mol. The summed E-state index contributed by atoms with van der Waals surface area (Å²) in [5, 5.41) is 20.4. The third-order valence-corrected chi connectivity index (χ3v) is 4.34. The normalized spacial score (nSPS) is 12.9. The molecule has 2 aromatic rings. The van der Waals surface area contributed by atoms with Gasteiger partial charge in [0.1, 0.15) is 0 Å². The van der Waals surface area contributed by atoms with Crippen LogP contribution < -0.4 is 5.32 Å². The molecule has 0 saturated carbocycles. The van der Waals surface area contributed by atoms with E-state index in [1.165, 1.54) is 17.1 Å². The first-order chi connectivity index (χ1) is 11.1. The smallest absolute Gasteiger partial charge is 0.331 e. The molecule has 0 aliphatic rings. The molecule has 0 aliphatic heterocycles. The maximum absolute atomic E-state index is 12.5. The molecule has 24 heavy (non-hydrogen) atoms. The predicted molar refractivity (Wildman–Crippen MR) is 88.9 cm³/mol. The van der Waals surface area contributed by atoms with E-state index < -0.39 is 11.5 Å². The summed E-state index contributed by atoms with van der Waals surface area (Å²) in [6.45, 7) is 8.70. The molecule has 1 amide bonds. The highest BCUT2D eigenvalue weighted by atomic mass is 16.4. The van der Waals surface area contributed by atoms with Crippen molar-refractivity contribution in [3.63, 3.8) is 0 Å². The van der Waals surface area contributed by atoms with Crippen molar-refractivity contribution in [3.8, 4) is 0 Å². The number of hydrogen-bond donors (Lipinski definition) is 2. The summed E-state index contributed by atoms with van der Waals surface area (Å²) in [7, 11) is 1.84. The SMILES string of the molecule is Cc1nn(C)c(C)c1C(C)C(=O)Nc1cnn(C(C)(C)C(=O)O)c1. The van der Waals surface area contributed by atoms with Crippen molar-refractivity contribution in [1.29, 1.82) is 0 Å².